The molecule has 168 valence electrons. The van der Waals surface area contributed by atoms with Crippen molar-refractivity contribution in [3.8, 4) is 5.75 Å². The van der Waals surface area contributed by atoms with Gasteiger partial charge in [-0.15, -0.1) is 0 Å². The molecule has 1 unspecified atom stereocenters. The minimum absolute atomic E-state index is 0.0211. The van der Waals surface area contributed by atoms with E-state index < -0.39 is 17.7 Å². The molecule has 7 heteroatoms. The maximum atomic E-state index is 13.2. The molecule has 1 heterocycles. The lowest BCUT2D eigenvalue weighted by Gasteiger charge is -2.26. The zero-order valence-electron chi connectivity index (χ0n) is 18.2. The van der Waals surface area contributed by atoms with Crippen LogP contribution in [0.15, 0.2) is 66.2 Å². The molecule has 1 N–H and O–H groups in total. The summed E-state index contributed by atoms with van der Waals surface area (Å²) in [5.41, 5.74) is 3.20. The fourth-order valence-electron chi connectivity index (χ4n) is 3.98. The van der Waals surface area contributed by atoms with Crippen molar-refractivity contribution in [3.63, 3.8) is 0 Å². The zero-order valence-corrected chi connectivity index (χ0v) is 19.7. The number of carbonyl (C=O) groups is 2. The van der Waals surface area contributed by atoms with Crippen molar-refractivity contribution in [2.45, 2.75) is 19.9 Å². The van der Waals surface area contributed by atoms with Gasteiger partial charge in [0.25, 0.3) is 11.7 Å². The van der Waals surface area contributed by atoms with E-state index in [4.69, 9.17) is 27.9 Å². The Kier molecular flexibility index (Phi) is 6.19. The van der Waals surface area contributed by atoms with Crippen molar-refractivity contribution in [3.05, 3.63) is 98.5 Å². The lowest BCUT2D eigenvalue weighted by atomic mass is 9.93. The van der Waals surface area contributed by atoms with Crippen LogP contribution in [0.2, 0.25) is 10.0 Å². The van der Waals surface area contributed by atoms with E-state index in [1.165, 1.54) is 4.90 Å². The summed E-state index contributed by atoms with van der Waals surface area (Å²) in [5.74, 6) is -1.16. The number of ketones is 1. The number of nitrogens with zero attached hydrogens (tertiary/aromatic N) is 1. The highest BCUT2D eigenvalue weighted by Crippen LogP contribution is 2.43. The summed E-state index contributed by atoms with van der Waals surface area (Å²) >= 11 is 12.4. The molecule has 0 bridgehead atoms. The molecular formula is C26H21Cl2NO4. The van der Waals surface area contributed by atoms with Crippen LogP contribution in [-0.2, 0) is 9.59 Å². The number of rotatable bonds is 4. The molecule has 3 aromatic rings. The summed E-state index contributed by atoms with van der Waals surface area (Å²) in [5, 5.41) is 11.9. The molecule has 3 aromatic carbocycles. The van der Waals surface area contributed by atoms with Crippen LogP contribution in [-0.4, -0.2) is 23.9 Å². The third-order valence-electron chi connectivity index (χ3n) is 5.70. The summed E-state index contributed by atoms with van der Waals surface area (Å²) in [6, 6.07) is 16.4. The molecule has 0 aliphatic carbocycles. The van der Waals surface area contributed by atoms with Gasteiger partial charge in [0.05, 0.1) is 28.8 Å². The number of anilines is 1. The van der Waals surface area contributed by atoms with Gasteiger partial charge < -0.3 is 9.84 Å². The largest absolute Gasteiger partial charge is 0.507 e. The second kappa shape index (κ2) is 8.93. The molecule has 1 aliphatic rings. The molecule has 4 rings (SSSR count). The molecule has 0 spiro atoms. The van der Waals surface area contributed by atoms with E-state index in [2.05, 4.69) is 0 Å². The molecule has 1 atom stereocenters. The van der Waals surface area contributed by atoms with Crippen molar-refractivity contribution in [1.82, 2.24) is 0 Å². The van der Waals surface area contributed by atoms with E-state index >= 15 is 0 Å². The maximum absolute atomic E-state index is 13.2. The number of aliphatic hydroxyl groups is 1. The van der Waals surface area contributed by atoms with Crippen LogP contribution in [0.3, 0.4) is 0 Å². The first-order valence-electron chi connectivity index (χ1n) is 10.2. The number of ether oxygens (including phenoxy) is 1. The topological polar surface area (TPSA) is 66.8 Å². The number of methoxy groups -OCH3 is 1. The van der Waals surface area contributed by atoms with Gasteiger partial charge in [-0.3, -0.25) is 14.5 Å². The standard InChI is InChI=1S/C26H21Cl2NO4/c1-14-4-7-17(8-5-14)29-23(16-6-11-20(27)21(28)13-16)22(25(31)26(29)32)24(30)19-10-9-18(33-3)12-15(19)2/h4-13,23,30H,1-3H3/b24-22-. The Hall–Kier alpha value is -3.28. The first-order valence-corrected chi connectivity index (χ1v) is 11.0. The number of hydrogen-bond donors (Lipinski definition) is 1. The van der Waals surface area contributed by atoms with Gasteiger partial charge in [0.1, 0.15) is 11.5 Å². The van der Waals surface area contributed by atoms with Gasteiger partial charge in [0, 0.05) is 11.3 Å². The third-order valence-corrected chi connectivity index (χ3v) is 6.44. The third kappa shape index (κ3) is 4.10. The first-order chi connectivity index (χ1) is 15.7. The van der Waals surface area contributed by atoms with E-state index in [0.717, 1.165) is 5.56 Å². The fraction of sp³-hybridized carbons (Fsp3) is 0.154. The molecule has 0 saturated carbocycles. The van der Waals surface area contributed by atoms with Gasteiger partial charge in [0.15, 0.2) is 0 Å². The minimum Gasteiger partial charge on any atom is -0.507 e. The maximum Gasteiger partial charge on any atom is 0.300 e. The van der Waals surface area contributed by atoms with E-state index in [9.17, 15) is 14.7 Å². The number of halogens is 2. The van der Waals surface area contributed by atoms with Gasteiger partial charge >= 0.3 is 0 Å². The molecule has 1 fully saturated rings. The Morgan fingerprint density at radius 2 is 1.64 bits per heavy atom. The van der Waals surface area contributed by atoms with Crippen LogP contribution < -0.4 is 9.64 Å². The van der Waals surface area contributed by atoms with E-state index in [1.54, 1.807) is 62.6 Å². The van der Waals surface area contributed by atoms with Crippen LogP contribution >= 0.6 is 23.2 Å². The van der Waals surface area contributed by atoms with Gasteiger partial charge in [0.2, 0.25) is 0 Å². The summed E-state index contributed by atoms with van der Waals surface area (Å²) in [4.78, 5) is 27.8. The Morgan fingerprint density at radius 1 is 0.939 bits per heavy atom. The predicted octanol–water partition coefficient (Wildman–Crippen LogP) is 6.25. The van der Waals surface area contributed by atoms with Crippen LogP contribution in [0.25, 0.3) is 5.76 Å². The van der Waals surface area contributed by atoms with Crippen LogP contribution in [0.1, 0.15) is 28.3 Å². The van der Waals surface area contributed by atoms with Crippen molar-refractivity contribution >= 4 is 46.3 Å². The van der Waals surface area contributed by atoms with Crippen LogP contribution in [0.4, 0.5) is 5.69 Å². The van der Waals surface area contributed by atoms with Crippen molar-refractivity contribution in [1.29, 1.82) is 0 Å². The van der Waals surface area contributed by atoms with Crippen LogP contribution in [0, 0.1) is 13.8 Å². The van der Waals surface area contributed by atoms with Crippen molar-refractivity contribution in [2.75, 3.05) is 12.0 Å². The minimum atomic E-state index is -0.885. The van der Waals surface area contributed by atoms with Crippen LogP contribution in [0.5, 0.6) is 5.75 Å². The van der Waals surface area contributed by atoms with Crippen molar-refractivity contribution < 1.29 is 19.4 Å². The Balaban J connectivity index is 1.96. The summed E-state index contributed by atoms with van der Waals surface area (Å²) in [7, 11) is 1.55. The predicted molar refractivity (Wildman–Crippen MR) is 130 cm³/mol. The number of aryl methyl sites for hydroxylation is 2. The molecule has 1 amide bonds. The molecule has 0 aromatic heterocycles. The highest BCUT2D eigenvalue weighted by atomic mass is 35.5. The highest BCUT2D eigenvalue weighted by molar-refractivity contribution is 6.52. The molecule has 5 nitrogen and oxygen atoms in total. The SMILES string of the molecule is COc1ccc(/C(O)=C2/C(=O)C(=O)N(c3ccc(C)cc3)C2c2ccc(Cl)c(Cl)c2)c(C)c1. The number of amides is 1. The number of hydrogen-bond acceptors (Lipinski definition) is 4. The lowest BCUT2D eigenvalue weighted by Crippen LogP contribution is -2.29. The van der Waals surface area contributed by atoms with Gasteiger partial charge in [-0.1, -0.05) is 47.0 Å². The summed E-state index contributed by atoms with van der Waals surface area (Å²) in [6.07, 6.45) is 0. The van der Waals surface area contributed by atoms with Gasteiger partial charge in [-0.05, 0) is 67.4 Å². The van der Waals surface area contributed by atoms with E-state index in [1.807, 2.05) is 19.1 Å². The Labute approximate surface area is 201 Å². The molecule has 0 radical (unpaired) electrons. The smallest absolute Gasteiger partial charge is 0.300 e. The summed E-state index contributed by atoms with van der Waals surface area (Å²) < 4.78 is 5.24. The average Bonchev–Trinajstić information content (AvgIpc) is 3.06. The summed E-state index contributed by atoms with van der Waals surface area (Å²) in [6.45, 7) is 3.72. The highest BCUT2D eigenvalue weighted by Gasteiger charge is 2.47. The van der Waals surface area contributed by atoms with E-state index in [-0.39, 0.29) is 16.4 Å². The monoisotopic (exact) mass is 481 g/mol. The Morgan fingerprint density at radius 3 is 2.24 bits per heavy atom. The fourth-order valence-corrected chi connectivity index (χ4v) is 4.28. The number of benzene rings is 3. The quantitative estimate of drug-likeness (QED) is 0.271. The normalized spacial score (nSPS) is 17.5. The van der Waals surface area contributed by atoms with Crippen molar-refractivity contribution in [2.24, 2.45) is 0 Å². The number of aliphatic hydroxyl groups excluding tert-OH is 1. The number of carbonyl (C=O) groups excluding carboxylic acids is 2. The second-order valence-corrected chi connectivity index (χ2v) is 8.67. The second-order valence-electron chi connectivity index (χ2n) is 7.86. The first kappa shape index (κ1) is 22.9. The van der Waals surface area contributed by atoms with E-state index in [0.29, 0.717) is 33.1 Å². The van der Waals surface area contributed by atoms with Gasteiger partial charge in [-0.25, -0.2) is 0 Å². The molecule has 1 saturated heterocycles. The molecule has 33 heavy (non-hydrogen) atoms. The molecule has 1 aliphatic heterocycles. The average molecular weight is 482 g/mol. The number of Topliss-reactive ketones (excluding diaryl/α,β-unsaturated/α-hetero) is 1. The lowest BCUT2D eigenvalue weighted by molar-refractivity contribution is -0.132. The van der Waals surface area contributed by atoms with Gasteiger partial charge in [-0.2, -0.15) is 0 Å². The Bertz CT molecular complexity index is 1300. The zero-order chi connectivity index (χ0) is 23.9. The molecular weight excluding hydrogens is 461 g/mol.